The summed E-state index contributed by atoms with van der Waals surface area (Å²) in [5.74, 6) is -1.05. The van der Waals surface area contributed by atoms with Gasteiger partial charge in [0.1, 0.15) is 5.01 Å². The molecule has 1 saturated heterocycles. The Morgan fingerprint density at radius 3 is 2.60 bits per heavy atom. The summed E-state index contributed by atoms with van der Waals surface area (Å²) in [7, 11) is 2.03. The lowest BCUT2D eigenvalue weighted by Crippen LogP contribution is -2.51. The average molecular weight is 298 g/mol. The minimum Gasteiger partial charge on any atom is -0.476 e. The molecule has 110 valence electrons. The smallest absolute Gasteiger partial charge is 0.355 e. The number of likely N-dealkylation sites (N-methyl/N-ethyl adjacent to an activating group) is 1. The number of amides is 2. The molecule has 2 amide bonds. The first-order chi connectivity index (χ1) is 9.47. The highest BCUT2D eigenvalue weighted by atomic mass is 32.1. The third-order valence-corrected chi connectivity index (χ3v) is 4.27. The van der Waals surface area contributed by atoms with E-state index in [1.54, 1.807) is 11.8 Å². The quantitative estimate of drug-likeness (QED) is 0.864. The molecule has 1 unspecified atom stereocenters. The predicted octanol–water partition coefficient (Wildman–Crippen LogP) is 0.859. The zero-order chi connectivity index (χ0) is 14.7. The van der Waals surface area contributed by atoms with Crippen molar-refractivity contribution in [2.45, 2.75) is 13.0 Å². The molecule has 1 fully saturated rings. The number of hydrogen-bond acceptors (Lipinski definition) is 5. The maximum Gasteiger partial charge on any atom is 0.355 e. The minimum absolute atomic E-state index is 0.0192. The first-order valence-electron chi connectivity index (χ1n) is 6.40. The molecule has 20 heavy (non-hydrogen) atoms. The van der Waals surface area contributed by atoms with Crippen LogP contribution < -0.4 is 5.32 Å². The number of piperazine rings is 1. The predicted molar refractivity (Wildman–Crippen MR) is 75.1 cm³/mol. The number of carbonyl (C=O) groups is 2. The van der Waals surface area contributed by atoms with Crippen LogP contribution in [0.5, 0.6) is 0 Å². The van der Waals surface area contributed by atoms with Gasteiger partial charge < -0.3 is 20.2 Å². The summed E-state index contributed by atoms with van der Waals surface area (Å²) in [5.41, 5.74) is 0.0192. The van der Waals surface area contributed by atoms with Gasteiger partial charge in [-0.2, -0.15) is 0 Å². The Morgan fingerprint density at radius 2 is 2.05 bits per heavy atom. The fraction of sp³-hybridized carbons (Fsp3) is 0.583. The lowest BCUT2D eigenvalue weighted by Gasteiger charge is -2.33. The third-order valence-electron chi connectivity index (χ3n) is 3.24. The van der Waals surface area contributed by atoms with E-state index in [1.165, 1.54) is 16.7 Å². The van der Waals surface area contributed by atoms with E-state index in [-0.39, 0.29) is 17.8 Å². The normalized spacial score (nSPS) is 17.8. The zero-order valence-electron chi connectivity index (χ0n) is 11.5. The zero-order valence-corrected chi connectivity index (χ0v) is 12.3. The topological polar surface area (TPSA) is 85.8 Å². The summed E-state index contributed by atoms with van der Waals surface area (Å²) in [6.07, 6.45) is 0. The van der Waals surface area contributed by atoms with Gasteiger partial charge in [0.05, 0.1) is 6.04 Å². The van der Waals surface area contributed by atoms with E-state index < -0.39 is 5.97 Å². The Labute approximate surface area is 121 Å². The third kappa shape index (κ3) is 3.45. The molecule has 0 aromatic carbocycles. The molecule has 0 bridgehead atoms. The number of carboxylic acid groups (broad SMARTS) is 1. The molecule has 1 aliphatic rings. The number of aromatic carboxylic acids is 1. The van der Waals surface area contributed by atoms with Crippen molar-refractivity contribution in [3.63, 3.8) is 0 Å². The molecule has 0 spiro atoms. The highest BCUT2D eigenvalue weighted by Crippen LogP contribution is 2.18. The van der Waals surface area contributed by atoms with Crippen LogP contribution in [0.2, 0.25) is 0 Å². The van der Waals surface area contributed by atoms with E-state index in [2.05, 4.69) is 15.2 Å². The van der Waals surface area contributed by atoms with Gasteiger partial charge in [0, 0.05) is 31.6 Å². The average Bonchev–Trinajstić information content (AvgIpc) is 2.89. The minimum atomic E-state index is -1.05. The molecule has 1 atom stereocenters. The van der Waals surface area contributed by atoms with Gasteiger partial charge in [-0.1, -0.05) is 0 Å². The molecule has 2 rings (SSSR count). The molecule has 0 saturated carbocycles. The van der Waals surface area contributed by atoms with Crippen molar-refractivity contribution < 1.29 is 14.7 Å². The van der Waals surface area contributed by atoms with E-state index in [0.29, 0.717) is 18.1 Å². The van der Waals surface area contributed by atoms with E-state index in [4.69, 9.17) is 5.11 Å². The van der Waals surface area contributed by atoms with E-state index in [0.717, 1.165) is 13.1 Å². The van der Waals surface area contributed by atoms with Gasteiger partial charge in [-0.05, 0) is 14.0 Å². The van der Waals surface area contributed by atoms with E-state index in [1.807, 2.05) is 7.05 Å². The Bertz CT molecular complexity index is 497. The SMILES string of the molecule is CC(NC(=O)N1CCN(C)CC1)c1nc(C(=O)O)cs1. The molecule has 8 heteroatoms. The molecule has 1 aromatic rings. The number of thiazole rings is 1. The molecule has 1 aromatic heterocycles. The van der Waals surface area contributed by atoms with Crippen LogP contribution >= 0.6 is 11.3 Å². The molecule has 1 aliphatic heterocycles. The fourth-order valence-electron chi connectivity index (χ4n) is 1.93. The van der Waals surface area contributed by atoms with Crippen LogP contribution in [0.15, 0.2) is 5.38 Å². The van der Waals surface area contributed by atoms with Gasteiger partial charge >= 0.3 is 12.0 Å². The fourth-order valence-corrected chi connectivity index (χ4v) is 2.73. The van der Waals surface area contributed by atoms with Crippen LogP contribution in [0, 0.1) is 0 Å². The number of nitrogens with zero attached hydrogens (tertiary/aromatic N) is 3. The van der Waals surface area contributed by atoms with Crippen LogP contribution in [0.25, 0.3) is 0 Å². The summed E-state index contributed by atoms with van der Waals surface area (Å²) in [5, 5.41) is 13.8. The van der Waals surface area contributed by atoms with Crippen molar-refractivity contribution in [3.05, 3.63) is 16.1 Å². The van der Waals surface area contributed by atoms with Gasteiger partial charge in [0.15, 0.2) is 5.69 Å². The Kier molecular flexibility index (Phi) is 4.56. The lowest BCUT2D eigenvalue weighted by atomic mass is 10.3. The van der Waals surface area contributed by atoms with Crippen molar-refractivity contribution in [2.75, 3.05) is 33.2 Å². The van der Waals surface area contributed by atoms with E-state index >= 15 is 0 Å². The summed E-state index contributed by atoms with van der Waals surface area (Å²) in [6, 6.07) is -0.419. The van der Waals surface area contributed by atoms with Crippen LogP contribution in [0.4, 0.5) is 4.79 Å². The second kappa shape index (κ2) is 6.19. The van der Waals surface area contributed by atoms with Crippen LogP contribution in [0.3, 0.4) is 0 Å². The molecule has 2 heterocycles. The standard InChI is InChI=1S/C12H18N4O3S/c1-8(10-14-9(7-20-10)11(17)18)13-12(19)16-5-3-15(2)4-6-16/h7-8H,3-6H2,1-2H3,(H,13,19)(H,17,18). The molecular formula is C12H18N4O3S. The maximum atomic E-state index is 12.1. The lowest BCUT2D eigenvalue weighted by molar-refractivity contribution is 0.0691. The maximum absolute atomic E-state index is 12.1. The second-order valence-electron chi connectivity index (χ2n) is 4.84. The second-order valence-corrected chi connectivity index (χ2v) is 5.73. The molecular weight excluding hydrogens is 280 g/mol. The van der Waals surface area contributed by atoms with Crippen LogP contribution in [-0.2, 0) is 0 Å². The van der Waals surface area contributed by atoms with Crippen molar-refractivity contribution >= 4 is 23.3 Å². The number of rotatable bonds is 3. The van der Waals surface area contributed by atoms with Crippen LogP contribution in [0.1, 0.15) is 28.5 Å². The molecule has 0 radical (unpaired) electrons. The largest absolute Gasteiger partial charge is 0.476 e. The first-order valence-corrected chi connectivity index (χ1v) is 7.28. The van der Waals surface area contributed by atoms with Crippen molar-refractivity contribution in [2.24, 2.45) is 0 Å². The number of hydrogen-bond donors (Lipinski definition) is 2. The molecule has 0 aliphatic carbocycles. The highest BCUT2D eigenvalue weighted by Gasteiger charge is 2.22. The van der Waals surface area contributed by atoms with Crippen molar-refractivity contribution in [3.8, 4) is 0 Å². The number of carboxylic acids is 1. The summed E-state index contributed by atoms with van der Waals surface area (Å²) >= 11 is 1.24. The van der Waals surface area contributed by atoms with Gasteiger partial charge in [0.2, 0.25) is 0 Å². The van der Waals surface area contributed by atoms with E-state index in [9.17, 15) is 9.59 Å². The first kappa shape index (κ1) is 14.7. The molecule has 2 N–H and O–H groups in total. The summed E-state index contributed by atoms with van der Waals surface area (Å²) in [4.78, 5) is 30.8. The summed E-state index contributed by atoms with van der Waals surface area (Å²) in [6.45, 7) is 4.93. The monoisotopic (exact) mass is 298 g/mol. The van der Waals surface area contributed by atoms with Gasteiger partial charge in [-0.3, -0.25) is 0 Å². The van der Waals surface area contributed by atoms with Crippen molar-refractivity contribution in [1.82, 2.24) is 20.1 Å². The number of aromatic nitrogens is 1. The van der Waals surface area contributed by atoms with Gasteiger partial charge in [0.25, 0.3) is 0 Å². The Balaban J connectivity index is 1.91. The Morgan fingerprint density at radius 1 is 1.40 bits per heavy atom. The Hall–Kier alpha value is -1.67. The number of carbonyl (C=O) groups excluding carboxylic acids is 1. The highest BCUT2D eigenvalue weighted by molar-refractivity contribution is 7.09. The van der Waals surface area contributed by atoms with Gasteiger partial charge in [-0.15, -0.1) is 11.3 Å². The number of nitrogens with one attached hydrogen (secondary N) is 1. The molecule has 7 nitrogen and oxygen atoms in total. The van der Waals surface area contributed by atoms with Crippen LogP contribution in [-0.4, -0.2) is 65.1 Å². The summed E-state index contributed by atoms with van der Waals surface area (Å²) < 4.78 is 0. The number of urea groups is 1. The van der Waals surface area contributed by atoms with Crippen molar-refractivity contribution in [1.29, 1.82) is 0 Å². The van der Waals surface area contributed by atoms with Gasteiger partial charge in [-0.25, -0.2) is 14.6 Å².